The maximum absolute atomic E-state index is 12.9. The fourth-order valence-electron chi connectivity index (χ4n) is 1.18. The minimum atomic E-state index is -0.495. The highest BCUT2D eigenvalue weighted by Crippen LogP contribution is 2.32. The van der Waals surface area contributed by atoms with E-state index in [9.17, 15) is 9.18 Å². The Labute approximate surface area is 112 Å². The molecule has 0 aliphatic heterocycles. The fraction of sp³-hybridized carbons (Fsp3) is 0.273. The maximum atomic E-state index is 12.9. The molecule has 1 amide bonds. The van der Waals surface area contributed by atoms with Crippen LogP contribution in [0.25, 0.3) is 0 Å². The van der Waals surface area contributed by atoms with Crippen LogP contribution in [0.5, 0.6) is 5.75 Å². The first kappa shape index (κ1) is 14.3. The Kier molecular flexibility index (Phi) is 5.39. The van der Waals surface area contributed by atoms with Gasteiger partial charge in [-0.1, -0.05) is 0 Å². The second-order valence-electron chi connectivity index (χ2n) is 3.35. The first-order valence-corrected chi connectivity index (χ1v) is 5.85. The minimum absolute atomic E-state index is 0.103. The first-order valence-electron chi connectivity index (χ1n) is 5.05. The van der Waals surface area contributed by atoms with Crippen molar-refractivity contribution in [1.82, 2.24) is 5.32 Å². The Hall–Kier alpha value is -1.81. The van der Waals surface area contributed by atoms with Crippen LogP contribution in [0.15, 0.2) is 16.6 Å². The number of amides is 1. The molecule has 7 heteroatoms. The summed E-state index contributed by atoms with van der Waals surface area (Å²) in [4.78, 5) is 11.3. The summed E-state index contributed by atoms with van der Waals surface area (Å²) in [5, 5.41) is 10.8. The standard InChI is InChI=1S/C11H11BrFN3O2/c12-8-4-7(13)5-9(15)11(8)18-6-10(17)16-3-1-2-14/h4-5H,1,3,6,15H2,(H,16,17). The number of nitrogens with two attached hydrogens (primary N) is 1. The van der Waals surface area contributed by atoms with E-state index in [1.165, 1.54) is 6.07 Å². The third-order valence-corrected chi connectivity index (χ3v) is 2.53. The monoisotopic (exact) mass is 315 g/mol. The lowest BCUT2D eigenvalue weighted by Crippen LogP contribution is -2.29. The van der Waals surface area contributed by atoms with E-state index in [2.05, 4.69) is 21.2 Å². The molecular weight excluding hydrogens is 305 g/mol. The van der Waals surface area contributed by atoms with Gasteiger partial charge in [0.05, 0.1) is 22.7 Å². The van der Waals surface area contributed by atoms with E-state index in [0.717, 1.165) is 6.07 Å². The molecule has 5 nitrogen and oxygen atoms in total. The van der Waals surface area contributed by atoms with E-state index in [-0.39, 0.29) is 36.9 Å². The number of anilines is 1. The number of halogens is 2. The summed E-state index contributed by atoms with van der Waals surface area (Å²) in [6.07, 6.45) is 0.230. The zero-order valence-electron chi connectivity index (χ0n) is 9.37. The lowest BCUT2D eigenvalue weighted by Gasteiger charge is -2.10. The number of ether oxygens (including phenoxy) is 1. The van der Waals surface area contributed by atoms with Gasteiger partial charge in [0.15, 0.2) is 12.4 Å². The van der Waals surface area contributed by atoms with Crippen LogP contribution in [0.4, 0.5) is 10.1 Å². The summed E-state index contributed by atoms with van der Waals surface area (Å²) >= 11 is 3.09. The number of hydrogen-bond acceptors (Lipinski definition) is 4. The summed E-state index contributed by atoms with van der Waals surface area (Å²) in [6, 6.07) is 4.20. The third kappa shape index (κ3) is 4.22. The van der Waals surface area contributed by atoms with Gasteiger partial charge in [-0.15, -0.1) is 0 Å². The number of nitrogen functional groups attached to an aromatic ring is 1. The Balaban J connectivity index is 2.54. The van der Waals surface area contributed by atoms with Crippen LogP contribution in [0, 0.1) is 17.1 Å². The van der Waals surface area contributed by atoms with Crippen molar-refractivity contribution in [3.63, 3.8) is 0 Å². The number of benzene rings is 1. The van der Waals surface area contributed by atoms with E-state index < -0.39 is 5.82 Å². The molecule has 0 aliphatic carbocycles. The van der Waals surface area contributed by atoms with Crippen molar-refractivity contribution in [1.29, 1.82) is 5.26 Å². The number of hydrogen-bond donors (Lipinski definition) is 2. The molecule has 0 saturated carbocycles. The zero-order chi connectivity index (χ0) is 13.5. The van der Waals surface area contributed by atoms with E-state index in [1.807, 2.05) is 6.07 Å². The summed E-state index contributed by atoms with van der Waals surface area (Å²) in [6.45, 7) is 0.0125. The van der Waals surface area contributed by atoms with Gasteiger partial charge in [-0.25, -0.2) is 4.39 Å². The van der Waals surface area contributed by atoms with Gasteiger partial charge in [0, 0.05) is 12.6 Å². The average Bonchev–Trinajstić information content (AvgIpc) is 2.27. The third-order valence-electron chi connectivity index (χ3n) is 1.94. The molecule has 0 aromatic heterocycles. The molecule has 1 aromatic carbocycles. The number of rotatable bonds is 5. The Bertz CT molecular complexity index is 465. The molecule has 0 fully saturated rings. The topological polar surface area (TPSA) is 88.1 Å². The average molecular weight is 316 g/mol. The van der Waals surface area contributed by atoms with Crippen molar-refractivity contribution in [3.05, 3.63) is 22.4 Å². The van der Waals surface area contributed by atoms with Crippen LogP contribution in [0.1, 0.15) is 6.42 Å². The first-order chi connectivity index (χ1) is 8.54. The van der Waals surface area contributed by atoms with E-state index in [4.69, 9.17) is 15.7 Å². The predicted octanol–water partition coefficient (Wildman–Crippen LogP) is 1.58. The molecular formula is C11H11BrFN3O2. The Morgan fingerprint density at radius 3 is 2.94 bits per heavy atom. The maximum Gasteiger partial charge on any atom is 0.257 e. The quantitative estimate of drug-likeness (QED) is 0.638. The van der Waals surface area contributed by atoms with Gasteiger partial charge >= 0.3 is 0 Å². The molecule has 0 radical (unpaired) electrons. The van der Waals surface area contributed by atoms with Crippen molar-refractivity contribution in [3.8, 4) is 11.8 Å². The van der Waals surface area contributed by atoms with Crippen molar-refractivity contribution >= 4 is 27.5 Å². The highest BCUT2D eigenvalue weighted by atomic mass is 79.9. The van der Waals surface area contributed by atoms with Crippen molar-refractivity contribution < 1.29 is 13.9 Å². The highest BCUT2D eigenvalue weighted by molar-refractivity contribution is 9.10. The van der Waals surface area contributed by atoms with Crippen LogP contribution in [0.2, 0.25) is 0 Å². The summed E-state index contributed by atoms with van der Waals surface area (Å²) in [7, 11) is 0. The molecule has 0 atom stereocenters. The number of nitriles is 1. The predicted molar refractivity (Wildman–Crippen MR) is 67.2 cm³/mol. The summed E-state index contributed by atoms with van der Waals surface area (Å²) in [5.41, 5.74) is 5.66. The molecule has 96 valence electrons. The zero-order valence-corrected chi connectivity index (χ0v) is 11.0. The number of nitrogens with one attached hydrogen (secondary N) is 1. The van der Waals surface area contributed by atoms with Gasteiger partial charge in [0.2, 0.25) is 0 Å². The van der Waals surface area contributed by atoms with Gasteiger partial charge in [-0.2, -0.15) is 5.26 Å². The molecule has 0 aliphatic rings. The van der Waals surface area contributed by atoms with Crippen molar-refractivity contribution in [2.45, 2.75) is 6.42 Å². The van der Waals surface area contributed by atoms with Crippen LogP contribution in [-0.4, -0.2) is 19.1 Å². The molecule has 1 rings (SSSR count). The molecule has 0 saturated heterocycles. The number of carbonyl (C=O) groups is 1. The molecule has 1 aromatic rings. The summed E-state index contributed by atoms with van der Waals surface area (Å²) < 4.78 is 18.5. The van der Waals surface area contributed by atoms with Crippen molar-refractivity contribution in [2.24, 2.45) is 0 Å². The van der Waals surface area contributed by atoms with E-state index >= 15 is 0 Å². The summed E-state index contributed by atoms with van der Waals surface area (Å²) in [5.74, 6) is -0.655. The normalized spacial score (nSPS) is 9.61. The van der Waals surface area contributed by atoms with Gasteiger partial charge in [-0.3, -0.25) is 4.79 Å². The van der Waals surface area contributed by atoms with Crippen LogP contribution in [-0.2, 0) is 4.79 Å². The second kappa shape index (κ2) is 6.81. The van der Waals surface area contributed by atoms with Crippen LogP contribution < -0.4 is 15.8 Å². The van der Waals surface area contributed by atoms with Crippen LogP contribution >= 0.6 is 15.9 Å². The fourth-order valence-corrected chi connectivity index (χ4v) is 1.74. The van der Waals surface area contributed by atoms with E-state index in [1.54, 1.807) is 0 Å². The number of carbonyl (C=O) groups excluding carboxylic acids is 1. The Morgan fingerprint density at radius 2 is 2.33 bits per heavy atom. The Morgan fingerprint density at radius 1 is 1.61 bits per heavy atom. The van der Waals surface area contributed by atoms with E-state index in [0.29, 0.717) is 4.47 Å². The highest BCUT2D eigenvalue weighted by Gasteiger charge is 2.10. The largest absolute Gasteiger partial charge is 0.480 e. The SMILES string of the molecule is N#CCCNC(=O)COc1c(N)cc(F)cc1Br. The van der Waals surface area contributed by atoms with Gasteiger partial charge < -0.3 is 15.8 Å². The lowest BCUT2D eigenvalue weighted by atomic mass is 10.3. The molecule has 0 spiro atoms. The number of nitrogens with zero attached hydrogens (tertiary/aromatic N) is 1. The smallest absolute Gasteiger partial charge is 0.257 e. The molecule has 0 unspecified atom stereocenters. The van der Waals surface area contributed by atoms with Gasteiger partial charge in [0.25, 0.3) is 5.91 Å². The molecule has 3 N–H and O–H groups in total. The molecule has 0 heterocycles. The van der Waals surface area contributed by atoms with Gasteiger partial charge in [-0.05, 0) is 22.0 Å². The minimum Gasteiger partial charge on any atom is -0.480 e. The van der Waals surface area contributed by atoms with Crippen molar-refractivity contribution in [2.75, 3.05) is 18.9 Å². The lowest BCUT2D eigenvalue weighted by molar-refractivity contribution is -0.123. The second-order valence-corrected chi connectivity index (χ2v) is 4.21. The van der Waals surface area contributed by atoms with Crippen LogP contribution in [0.3, 0.4) is 0 Å². The molecule has 18 heavy (non-hydrogen) atoms. The molecule has 0 bridgehead atoms. The van der Waals surface area contributed by atoms with Gasteiger partial charge in [0.1, 0.15) is 5.82 Å².